The lowest BCUT2D eigenvalue weighted by atomic mass is 9.90. The van der Waals surface area contributed by atoms with Crippen LogP contribution in [0.15, 0.2) is 0 Å². The van der Waals surface area contributed by atoms with Crippen molar-refractivity contribution in [3.05, 3.63) is 0 Å². The molecule has 4 nitrogen and oxygen atoms in total. The van der Waals surface area contributed by atoms with Crippen molar-refractivity contribution in [3.63, 3.8) is 0 Å². The number of rotatable bonds is 3. The van der Waals surface area contributed by atoms with Gasteiger partial charge in [0.15, 0.2) is 0 Å². The van der Waals surface area contributed by atoms with Gasteiger partial charge >= 0.3 is 0 Å². The highest BCUT2D eigenvalue weighted by molar-refractivity contribution is 5.82. The minimum absolute atomic E-state index is 0.354. The highest BCUT2D eigenvalue weighted by Crippen LogP contribution is 2.59. The zero-order chi connectivity index (χ0) is 16.6. The molecule has 0 aromatic carbocycles. The summed E-state index contributed by atoms with van der Waals surface area (Å²) in [6, 6.07) is 0.742. The van der Waals surface area contributed by atoms with Crippen LogP contribution in [0.3, 0.4) is 0 Å². The highest BCUT2D eigenvalue weighted by atomic mass is 16.2. The maximum absolute atomic E-state index is 13.0. The lowest BCUT2D eigenvalue weighted by molar-refractivity contribution is -0.135. The summed E-state index contributed by atoms with van der Waals surface area (Å²) < 4.78 is 0. The molecule has 3 heterocycles. The fraction of sp³-hybridized carbons (Fsp3) is 0.950. The van der Waals surface area contributed by atoms with Crippen molar-refractivity contribution in [1.29, 1.82) is 0 Å². The lowest BCUT2D eigenvalue weighted by Gasteiger charge is -2.40. The monoisotopic (exact) mass is 333 g/mol. The second kappa shape index (κ2) is 6.95. The smallest absolute Gasteiger partial charge is 0.226 e. The summed E-state index contributed by atoms with van der Waals surface area (Å²) in [5.74, 6) is 1.55. The van der Waals surface area contributed by atoms with Gasteiger partial charge in [0.25, 0.3) is 0 Å². The van der Waals surface area contributed by atoms with Crippen LogP contribution in [0.25, 0.3) is 0 Å². The summed E-state index contributed by atoms with van der Waals surface area (Å²) in [4.78, 5) is 18.0. The number of nitrogens with one attached hydrogen (secondary N) is 1. The van der Waals surface area contributed by atoms with Crippen LogP contribution >= 0.6 is 0 Å². The van der Waals surface area contributed by atoms with E-state index in [1.165, 1.54) is 58.0 Å². The molecule has 0 aromatic heterocycles. The number of carbonyl (C=O) groups excluding carboxylic acids is 1. The number of hydrogen-bond donors (Lipinski definition) is 1. The van der Waals surface area contributed by atoms with Crippen LogP contribution in [-0.2, 0) is 4.79 Å². The van der Waals surface area contributed by atoms with Gasteiger partial charge < -0.3 is 15.1 Å². The summed E-state index contributed by atoms with van der Waals surface area (Å²) in [6.45, 7) is 9.12. The van der Waals surface area contributed by atoms with Gasteiger partial charge in [-0.3, -0.25) is 4.79 Å². The summed E-state index contributed by atoms with van der Waals surface area (Å²) in [6.07, 6.45) is 10.2. The number of amides is 1. The summed E-state index contributed by atoms with van der Waals surface area (Å²) in [5.41, 5.74) is 0.386. The molecule has 4 aliphatic rings. The Balaban J connectivity index is 1.31. The summed E-state index contributed by atoms with van der Waals surface area (Å²) in [5, 5.41) is 3.45. The van der Waals surface area contributed by atoms with Gasteiger partial charge in [0, 0.05) is 31.6 Å². The van der Waals surface area contributed by atoms with Crippen molar-refractivity contribution in [2.75, 3.05) is 39.3 Å². The maximum atomic E-state index is 13.0. The van der Waals surface area contributed by atoms with Gasteiger partial charge in [-0.05, 0) is 82.8 Å². The number of piperidine rings is 3. The highest BCUT2D eigenvalue weighted by Gasteiger charge is 2.58. The molecule has 1 amide bonds. The van der Waals surface area contributed by atoms with E-state index in [1.807, 2.05) is 0 Å². The van der Waals surface area contributed by atoms with Crippen molar-refractivity contribution < 1.29 is 4.79 Å². The molecule has 3 atom stereocenters. The summed E-state index contributed by atoms with van der Waals surface area (Å²) in [7, 11) is 0. The van der Waals surface area contributed by atoms with E-state index in [1.54, 1.807) is 0 Å². The van der Waals surface area contributed by atoms with Crippen molar-refractivity contribution in [1.82, 2.24) is 15.1 Å². The molecule has 4 rings (SSSR count). The molecule has 3 aliphatic heterocycles. The van der Waals surface area contributed by atoms with Gasteiger partial charge in [0.1, 0.15) is 0 Å². The first-order valence-corrected chi connectivity index (χ1v) is 10.4. The van der Waals surface area contributed by atoms with Crippen LogP contribution in [0.5, 0.6) is 0 Å². The van der Waals surface area contributed by atoms with E-state index in [0.29, 0.717) is 23.2 Å². The van der Waals surface area contributed by atoms with Crippen LogP contribution in [0.1, 0.15) is 58.3 Å². The second-order valence-electron chi connectivity index (χ2n) is 9.00. The molecule has 4 fully saturated rings. The molecular weight excluding hydrogens is 298 g/mol. The molecule has 3 saturated heterocycles. The van der Waals surface area contributed by atoms with Gasteiger partial charge in [-0.15, -0.1) is 0 Å². The number of nitrogens with zero attached hydrogens (tertiary/aromatic N) is 2. The Bertz CT molecular complexity index is 460. The average molecular weight is 334 g/mol. The van der Waals surface area contributed by atoms with Crippen LogP contribution in [0, 0.1) is 17.3 Å². The molecule has 1 saturated carbocycles. The Morgan fingerprint density at radius 2 is 1.96 bits per heavy atom. The quantitative estimate of drug-likeness (QED) is 0.862. The largest absolute Gasteiger partial charge is 0.342 e. The number of carbonyl (C=O) groups is 1. The zero-order valence-corrected chi connectivity index (χ0v) is 15.4. The fourth-order valence-corrected chi connectivity index (χ4v) is 5.57. The molecule has 0 radical (unpaired) electrons. The standard InChI is InChI=1S/C20H35N3O/c1-16-5-2-3-11-22(16)14-17-6-4-12-23(15-17)19(24)18-13-20(18)7-9-21-10-8-20/h16-18,21H,2-15H2,1H3/t16-,17-,18-/m1/s1. The van der Waals surface area contributed by atoms with Crippen LogP contribution in [0.2, 0.25) is 0 Å². The lowest BCUT2D eigenvalue weighted by Crippen LogP contribution is -2.47. The Labute approximate surface area is 147 Å². The molecule has 0 bridgehead atoms. The fourth-order valence-electron chi connectivity index (χ4n) is 5.57. The minimum Gasteiger partial charge on any atom is -0.342 e. The Morgan fingerprint density at radius 3 is 2.75 bits per heavy atom. The normalized spacial score (nSPS) is 36.7. The van der Waals surface area contributed by atoms with Crippen molar-refractivity contribution in [2.24, 2.45) is 17.3 Å². The molecule has 24 heavy (non-hydrogen) atoms. The molecule has 136 valence electrons. The van der Waals surface area contributed by atoms with E-state index in [-0.39, 0.29) is 0 Å². The van der Waals surface area contributed by atoms with E-state index in [4.69, 9.17) is 0 Å². The third kappa shape index (κ3) is 3.37. The van der Waals surface area contributed by atoms with E-state index in [2.05, 4.69) is 22.0 Å². The molecular formula is C20H35N3O. The van der Waals surface area contributed by atoms with Gasteiger partial charge in [-0.25, -0.2) is 0 Å². The Kier molecular flexibility index (Phi) is 4.88. The first kappa shape index (κ1) is 16.8. The van der Waals surface area contributed by atoms with Gasteiger partial charge in [0.2, 0.25) is 5.91 Å². The van der Waals surface area contributed by atoms with Crippen molar-refractivity contribution >= 4 is 5.91 Å². The number of hydrogen-bond acceptors (Lipinski definition) is 3. The minimum atomic E-state index is 0.354. The average Bonchev–Trinajstić information content (AvgIpc) is 3.30. The summed E-state index contributed by atoms with van der Waals surface area (Å²) >= 11 is 0. The SMILES string of the molecule is C[C@@H]1CCCCN1C[C@H]1CCCN(C(=O)[C@H]2CC23CCNCC3)C1. The third-order valence-electron chi connectivity index (χ3n) is 7.35. The first-order chi connectivity index (χ1) is 11.7. The zero-order valence-electron chi connectivity index (χ0n) is 15.4. The molecule has 4 heteroatoms. The molecule has 1 spiro atoms. The van der Waals surface area contributed by atoms with Crippen LogP contribution in [0.4, 0.5) is 0 Å². The first-order valence-electron chi connectivity index (χ1n) is 10.4. The van der Waals surface area contributed by atoms with E-state index >= 15 is 0 Å². The van der Waals surface area contributed by atoms with Crippen LogP contribution in [-0.4, -0.2) is 61.0 Å². The van der Waals surface area contributed by atoms with Crippen LogP contribution < -0.4 is 5.32 Å². The predicted octanol–water partition coefficient (Wildman–Crippen LogP) is 2.49. The van der Waals surface area contributed by atoms with Gasteiger partial charge in [-0.1, -0.05) is 6.42 Å². The predicted molar refractivity (Wildman–Crippen MR) is 96.8 cm³/mol. The maximum Gasteiger partial charge on any atom is 0.226 e. The molecule has 0 unspecified atom stereocenters. The molecule has 1 aliphatic carbocycles. The van der Waals surface area contributed by atoms with E-state index in [0.717, 1.165) is 38.6 Å². The van der Waals surface area contributed by atoms with Crippen molar-refractivity contribution in [2.45, 2.75) is 64.3 Å². The third-order valence-corrected chi connectivity index (χ3v) is 7.35. The molecule has 1 N–H and O–H groups in total. The molecule has 0 aromatic rings. The number of likely N-dealkylation sites (tertiary alicyclic amines) is 2. The second-order valence-corrected chi connectivity index (χ2v) is 9.00. The Hall–Kier alpha value is -0.610. The Morgan fingerprint density at radius 1 is 1.12 bits per heavy atom. The van der Waals surface area contributed by atoms with Crippen molar-refractivity contribution in [3.8, 4) is 0 Å². The topological polar surface area (TPSA) is 35.6 Å². The van der Waals surface area contributed by atoms with Gasteiger partial charge in [-0.2, -0.15) is 0 Å². The van der Waals surface area contributed by atoms with E-state index < -0.39 is 0 Å². The van der Waals surface area contributed by atoms with Gasteiger partial charge in [0.05, 0.1) is 0 Å². The van der Waals surface area contributed by atoms with E-state index in [9.17, 15) is 4.79 Å².